The van der Waals surface area contributed by atoms with E-state index in [0.29, 0.717) is 0 Å². The van der Waals surface area contributed by atoms with Crippen LogP contribution in [0.5, 0.6) is 0 Å². The predicted octanol–water partition coefficient (Wildman–Crippen LogP) is 4.13. The van der Waals surface area contributed by atoms with Crippen LogP contribution in [0.2, 0.25) is 5.02 Å². The Kier molecular flexibility index (Phi) is 5.41. The SMILES string of the molecule is CC(CS(=O)(=O)c1cc(Cl)ccc1F)=C(F)B1OC(C)(C)C(C)(C)O1. The molecule has 1 aliphatic rings. The molecule has 25 heavy (non-hydrogen) atoms. The maximum atomic E-state index is 14.7. The number of halogens is 3. The normalized spacial score (nSPS) is 20.6. The predicted molar refractivity (Wildman–Crippen MR) is 93.4 cm³/mol. The van der Waals surface area contributed by atoms with Crippen LogP contribution in [0.25, 0.3) is 0 Å². The van der Waals surface area contributed by atoms with Gasteiger partial charge in [-0.1, -0.05) is 11.6 Å². The Balaban J connectivity index is 2.30. The summed E-state index contributed by atoms with van der Waals surface area (Å²) in [5.74, 6) is -1.64. The molecule has 0 N–H and O–H groups in total. The second kappa shape index (κ2) is 6.65. The number of hydrogen-bond donors (Lipinski definition) is 0. The Morgan fingerprint density at radius 2 is 1.72 bits per heavy atom. The van der Waals surface area contributed by atoms with Crippen molar-refractivity contribution in [3.05, 3.63) is 40.3 Å². The van der Waals surface area contributed by atoms with E-state index in [1.807, 2.05) is 0 Å². The minimum absolute atomic E-state index is 0.0769. The average molecular weight is 393 g/mol. The first-order valence-electron chi connectivity index (χ1n) is 7.65. The van der Waals surface area contributed by atoms with Crippen molar-refractivity contribution < 1.29 is 26.5 Å². The van der Waals surface area contributed by atoms with Gasteiger partial charge in [0, 0.05) is 5.02 Å². The fourth-order valence-corrected chi connectivity index (χ4v) is 4.07. The van der Waals surface area contributed by atoms with Crippen LogP contribution in [0.3, 0.4) is 0 Å². The molecule has 0 radical (unpaired) electrons. The zero-order chi connectivity index (χ0) is 19.2. The van der Waals surface area contributed by atoms with Crippen molar-refractivity contribution in [2.24, 2.45) is 0 Å². The van der Waals surface area contributed by atoms with Crippen molar-refractivity contribution in [1.82, 2.24) is 0 Å². The topological polar surface area (TPSA) is 52.6 Å². The first kappa shape index (κ1) is 20.4. The molecule has 9 heteroatoms. The zero-order valence-corrected chi connectivity index (χ0v) is 16.3. The molecular weight excluding hydrogens is 373 g/mol. The molecule has 1 aromatic carbocycles. The maximum Gasteiger partial charge on any atom is 0.525 e. The van der Waals surface area contributed by atoms with Crippen LogP contribution >= 0.6 is 11.6 Å². The summed E-state index contributed by atoms with van der Waals surface area (Å²) >= 11 is 5.73. The van der Waals surface area contributed by atoms with Crippen LogP contribution in [-0.2, 0) is 19.1 Å². The summed E-state index contributed by atoms with van der Waals surface area (Å²) in [4.78, 5) is -0.568. The van der Waals surface area contributed by atoms with Gasteiger partial charge in [0.05, 0.1) is 17.0 Å². The summed E-state index contributed by atoms with van der Waals surface area (Å²) in [5, 5.41) is 0.0769. The molecule has 0 aliphatic carbocycles. The number of sulfone groups is 1. The molecule has 0 saturated carbocycles. The van der Waals surface area contributed by atoms with Crippen LogP contribution in [-0.4, -0.2) is 32.5 Å². The number of benzene rings is 1. The number of rotatable bonds is 4. The van der Waals surface area contributed by atoms with Gasteiger partial charge in [0.25, 0.3) is 0 Å². The van der Waals surface area contributed by atoms with Gasteiger partial charge >= 0.3 is 7.12 Å². The third-order valence-corrected chi connectivity index (χ3v) is 6.53. The third-order valence-electron chi connectivity index (χ3n) is 4.50. The standard InChI is InChI=1S/C16H20BClF2O4S/c1-10(14(20)17-23-15(2,3)16(4,5)24-17)9-25(21,22)13-8-11(18)6-7-12(13)19/h6-8H,9H2,1-5H3. The first-order chi connectivity index (χ1) is 11.3. The molecule has 1 aromatic rings. The quantitative estimate of drug-likeness (QED) is 0.723. The van der Waals surface area contributed by atoms with Gasteiger partial charge in [-0.15, -0.1) is 0 Å². The third kappa shape index (κ3) is 4.08. The summed E-state index contributed by atoms with van der Waals surface area (Å²) in [6.07, 6.45) is 0. The number of hydrogen-bond acceptors (Lipinski definition) is 4. The van der Waals surface area contributed by atoms with Crippen molar-refractivity contribution in [3.63, 3.8) is 0 Å². The van der Waals surface area contributed by atoms with Crippen molar-refractivity contribution >= 4 is 28.6 Å². The molecule has 1 saturated heterocycles. The molecule has 0 atom stereocenters. The van der Waals surface area contributed by atoms with E-state index >= 15 is 0 Å². The van der Waals surface area contributed by atoms with Crippen molar-refractivity contribution in [3.8, 4) is 0 Å². The summed E-state index contributed by atoms with van der Waals surface area (Å²) < 4.78 is 64.4. The fourth-order valence-electron chi connectivity index (χ4n) is 2.29. The van der Waals surface area contributed by atoms with Gasteiger partial charge in [-0.3, -0.25) is 0 Å². The lowest BCUT2D eigenvalue weighted by molar-refractivity contribution is 0.00578. The van der Waals surface area contributed by atoms with Gasteiger partial charge in [0.15, 0.2) is 9.84 Å². The molecule has 138 valence electrons. The molecule has 0 amide bonds. The van der Waals surface area contributed by atoms with Gasteiger partial charge in [-0.05, 0) is 58.4 Å². The molecule has 1 fully saturated rings. The largest absolute Gasteiger partial charge is 0.525 e. The van der Waals surface area contributed by atoms with Crippen molar-refractivity contribution in [2.45, 2.75) is 50.7 Å². The monoisotopic (exact) mass is 392 g/mol. The van der Waals surface area contributed by atoms with E-state index in [-0.39, 0.29) is 10.6 Å². The molecule has 0 spiro atoms. The Morgan fingerprint density at radius 1 is 1.20 bits per heavy atom. The lowest BCUT2D eigenvalue weighted by Crippen LogP contribution is -2.41. The van der Waals surface area contributed by atoms with E-state index in [1.54, 1.807) is 27.7 Å². The molecule has 2 rings (SSSR count). The lowest BCUT2D eigenvalue weighted by Gasteiger charge is -2.32. The highest BCUT2D eigenvalue weighted by Crippen LogP contribution is 2.39. The molecule has 0 bridgehead atoms. The van der Waals surface area contributed by atoms with Crippen molar-refractivity contribution in [2.75, 3.05) is 5.75 Å². The zero-order valence-electron chi connectivity index (χ0n) is 14.7. The van der Waals surface area contributed by atoms with E-state index in [9.17, 15) is 17.2 Å². The fraction of sp³-hybridized carbons (Fsp3) is 0.500. The first-order valence-corrected chi connectivity index (χ1v) is 9.68. The Bertz CT molecular complexity index is 805. The minimum Gasteiger partial charge on any atom is -0.398 e. The molecule has 4 nitrogen and oxygen atoms in total. The smallest absolute Gasteiger partial charge is 0.398 e. The highest BCUT2D eigenvalue weighted by Gasteiger charge is 2.53. The summed E-state index contributed by atoms with van der Waals surface area (Å²) in [6, 6.07) is 3.20. The van der Waals surface area contributed by atoms with Gasteiger partial charge in [0.2, 0.25) is 0 Å². The molecular formula is C16H20BClF2O4S. The summed E-state index contributed by atoms with van der Waals surface area (Å²) in [5.41, 5.74) is -2.46. The van der Waals surface area contributed by atoms with Crippen LogP contribution < -0.4 is 0 Å². The van der Waals surface area contributed by atoms with Crippen LogP contribution in [0, 0.1) is 5.82 Å². The highest BCUT2D eigenvalue weighted by atomic mass is 35.5. The van der Waals surface area contributed by atoms with E-state index in [1.165, 1.54) is 13.0 Å². The summed E-state index contributed by atoms with van der Waals surface area (Å²) in [6.45, 7) is 8.34. The van der Waals surface area contributed by atoms with Crippen LogP contribution in [0.4, 0.5) is 8.78 Å². The Labute approximate surface area is 152 Å². The minimum atomic E-state index is -4.11. The highest BCUT2D eigenvalue weighted by molar-refractivity contribution is 7.91. The van der Waals surface area contributed by atoms with Gasteiger partial charge < -0.3 is 9.31 Å². The maximum absolute atomic E-state index is 14.7. The Hall–Kier alpha value is -0.955. The Morgan fingerprint density at radius 3 is 2.24 bits per heavy atom. The second-order valence-corrected chi connectivity index (χ2v) is 9.44. The van der Waals surface area contributed by atoms with E-state index in [4.69, 9.17) is 20.9 Å². The van der Waals surface area contributed by atoms with E-state index in [0.717, 1.165) is 12.1 Å². The van der Waals surface area contributed by atoms with Gasteiger partial charge in [-0.25, -0.2) is 17.2 Å². The second-order valence-electron chi connectivity index (χ2n) is 7.05. The van der Waals surface area contributed by atoms with E-state index < -0.39 is 50.3 Å². The van der Waals surface area contributed by atoms with Gasteiger partial charge in [0.1, 0.15) is 16.4 Å². The summed E-state index contributed by atoms with van der Waals surface area (Å²) in [7, 11) is -5.41. The molecule has 0 aromatic heterocycles. The van der Waals surface area contributed by atoms with Crippen LogP contribution in [0.15, 0.2) is 34.4 Å². The van der Waals surface area contributed by atoms with Crippen molar-refractivity contribution in [1.29, 1.82) is 0 Å². The average Bonchev–Trinajstić information content (AvgIpc) is 2.68. The molecule has 0 unspecified atom stereocenters. The van der Waals surface area contributed by atoms with Gasteiger partial charge in [-0.2, -0.15) is 0 Å². The lowest BCUT2D eigenvalue weighted by atomic mass is 9.85. The van der Waals surface area contributed by atoms with E-state index in [2.05, 4.69) is 0 Å². The van der Waals surface area contributed by atoms with Crippen LogP contribution in [0.1, 0.15) is 34.6 Å². The molecule has 1 aliphatic heterocycles. The molecule has 1 heterocycles.